The highest BCUT2D eigenvalue weighted by Gasteiger charge is 2.33. The summed E-state index contributed by atoms with van der Waals surface area (Å²) in [6.45, 7) is 5.41. The highest BCUT2D eigenvalue weighted by Crippen LogP contribution is 2.36. The number of halogens is 2. The SMILES string of the molecule is CNC[C@H](c1ccc(Cl)c(Cl)c1)[C@H](C)C1CC(OC)CN(C)C1. The average molecular weight is 359 g/mol. The van der Waals surface area contributed by atoms with E-state index < -0.39 is 0 Å². The zero-order chi connectivity index (χ0) is 17.0. The molecular weight excluding hydrogens is 331 g/mol. The molecule has 0 saturated carbocycles. The second-order valence-electron chi connectivity index (χ2n) is 6.77. The van der Waals surface area contributed by atoms with Crippen LogP contribution in [0.1, 0.15) is 24.8 Å². The fourth-order valence-electron chi connectivity index (χ4n) is 3.76. The Hall–Kier alpha value is -0.320. The molecule has 1 heterocycles. The van der Waals surface area contributed by atoms with E-state index in [0.29, 0.717) is 33.9 Å². The molecule has 1 fully saturated rings. The van der Waals surface area contributed by atoms with Gasteiger partial charge in [0.15, 0.2) is 0 Å². The Balaban J connectivity index is 2.20. The van der Waals surface area contributed by atoms with Crippen molar-refractivity contribution in [1.29, 1.82) is 0 Å². The molecule has 4 atom stereocenters. The van der Waals surface area contributed by atoms with Crippen LogP contribution in [0.25, 0.3) is 0 Å². The van der Waals surface area contributed by atoms with Crippen LogP contribution < -0.4 is 5.32 Å². The molecule has 1 aromatic rings. The highest BCUT2D eigenvalue weighted by molar-refractivity contribution is 6.42. The summed E-state index contributed by atoms with van der Waals surface area (Å²) in [5, 5.41) is 4.58. The monoisotopic (exact) mass is 358 g/mol. The molecule has 0 radical (unpaired) electrons. The van der Waals surface area contributed by atoms with Crippen LogP contribution in [0.3, 0.4) is 0 Å². The van der Waals surface area contributed by atoms with Gasteiger partial charge in [-0.1, -0.05) is 36.2 Å². The third kappa shape index (κ3) is 4.83. The minimum atomic E-state index is 0.324. The van der Waals surface area contributed by atoms with Gasteiger partial charge in [-0.25, -0.2) is 0 Å². The second-order valence-corrected chi connectivity index (χ2v) is 7.59. The molecule has 0 aliphatic carbocycles. The van der Waals surface area contributed by atoms with Crippen molar-refractivity contribution in [3.63, 3.8) is 0 Å². The summed E-state index contributed by atoms with van der Waals surface area (Å²) in [5.41, 5.74) is 1.25. The van der Waals surface area contributed by atoms with Crippen molar-refractivity contribution in [3.05, 3.63) is 33.8 Å². The van der Waals surface area contributed by atoms with Crippen LogP contribution in [-0.2, 0) is 4.74 Å². The van der Waals surface area contributed by atoms with E-state index in [-0.39, 0.29) is 0 Å². The molecule has 2 rings (SSSR count). The van der Waals surface area contributed by atoms with Gasteiger partial charge in [0.05, 0.1) is 16.1 Å². The van der Waals surface area contributed by atoms with Crippen molar-refractivity contribution in [3.8, 4) is 0 Å². The molecule has 1 N–H and O–H groups in total. The molecule has 3 nitrogen and oxygen atoms in total. The first kappa shape index (κ1) is 19.0. The molecule has 5 heteroatoms. The maximum Gasteiger partial charge on any atom is 0.0701 e. The summed E-state index contributed by atoms with van der Waals surface area (Å²) >= 11 is 12.3. The second kappa shape index (κ2) is 8.68. The van der Waals surface area contributed by atoms with Gasteiger partial charge in [0.25, 0.3) is 0 Å². The quantitative estimate of drug-likeness (QED) is 0.834. The lowest BCUT2D eigenvalue weighted by molar-refractivity contribution is 0.00140. The minimum Gasteiger partial charge on any atom is -0.380 e. The van der Waals surface area contributed by atoms with Crippen LogP contribution in [0.15, 0.2) is 18.2 Å². The van der Waals surface area contributed by atoms with Crippen molar-refractivity contribution in [2.24, 2.45) is 11.8 Å². The number of hydrogen-bond donors (Lipinski definition) is 1. The number of piperidine rings is 1. The zero-order valence-corrected chi connectivity index (χ0v) is 16.0. The van der Waals surface area contributed by atoms with E-state index in [1.807, 2.05) is 26.3 Å². The summed E-state index contributed by atoms with van der Waals surface area (Å²) in [5.74, 6) is 1.54. The van der Waals surface area contributed by atoms with Crippen LogP contribution >= 0.6 is 23.2 Å². The number of rotatable bonds is 6. The summed E-state index contributed by atoms with van der Waals surface area (Å²) in [7, 11) is 5.99. The zero-order valence-electron chi connectivity index (χ0n) is 14.5. The van der Waals surface area contributed by atoms with E-state index in [1.165, 1.54) is 5.56 Å². The van der Waals surface area contributed by atoms with E-state index >= 15 is 0 Å². The van der Waals surface area contributed by atoms with Crippen LogP contribution in [0.4, 0.5) is 0 Å². The number of nitrogens with zero attached hydrogens (tertiary/aromatic N) is 1. The lowest BCUT2D eigenvalue weighted by Crippen LogP contribution is -2.45. The third-order valence-electron chi connectivity index (χ3n) is 5.13. The van der Waals surface area contributed by atoms with Crippen LogP contribution in [-0.4, -0.2) is 51.8 Å². The van der Waals surface area contributed by atoms with Gasteiger partial charge in [0.1, 0.15) is 0 Å². The van der Waals surface area contributed by atoms with Gasteiger partial charge < -0.3 is 15.0 Å². The molecule has 1 aromatic carbocycles. The summed E-state index contributed by atoms with van der Waals surface area (Å²) < 4.78 is 5.63. The average Bonchev–Trinajstić information content (AvgIpc) is 2.54. The Morgan fingerprint density at radius 3 is 2.65 bits per heavy atom. The first-order chi connectivity index (χ1) is 11.0. The Kier molecular flexibility index (Phi) is 7.18. The first-order valence-corrected chi connectivity index (χ1v) is 9.02. The van der Waals surface area contributed by atoms with Gasteiger partial charge in [0.2, 0.25) is 0 Å². The fraction of sp³-hybridized carbons (Fsp3) is 0.667. The van der Waals surface area contributed by atoms with Crippen LogP contribution in [0.5, 0.6) is 0 Å². The Labute approximate surface area is 150 Å². The van der Waals surface area contributed by atoms with Crippen molar-refractivity contribution >= 4 is 23.2 Å². The summed E-state index contributed by atoms with van der Waals surface area (Å²) in [6.07, 6.45) is 1.44. The number of likely N-dealkylation sites (tertiary alicyclic amines) is 1. The molecule has 0 bridgehead atoms. The van der Waals surface area contributed by atoms with Crippen molar-refractivity contribution < 1.29 is 4.74 Å². The molecule has 0 amide bonds. The standard InChI is InChI=1S/C18H28Cl2N2O/c1-12(14-7-15(23-4)11-22(3)10-14)16(9-21-2)13-5-6-17(19)18(20)8-13/h5-6,8,12,14-16,21H,7,9-11H2,1-4H3/t12-,14?,15?,16+/m1/s1. The van der Waals surface area contributed by atoms with Crippen molar-refractivity contribution in [2.75, 3.05) is 40.8 Å². The number of likely N-dealkylation sites (N-methyl/N-ethyl adjacent to an activating group) is 2. The maximum atomic E-state index is 6.24. The molecule has 130 valence electrons. The lowest BCUT2D eigenvalue weighted by Gasteiger charge is -2.40. The number of benzene rings is 1. The van der Waals surface area contributed by atoms with Gasteiger partial charge in [-0.05, 0) is 56.0 Å². The summed E-state index contributed by atoms with van der Waals surface area (Å²) in [4.78, 5) is 2.38. The van der Waals surface area contributed by atoms with Crippen LogP contribution in [0, 0.1) is 11.8 Å². The van der Waals surface area contributed by atoms with E-state index in [9.17, 15) is 0 Å². The lowest BCUT2D eigenvalue weighted by atomic mass is 9.75. The van der Waals surface area contributed by atoms with Crippen molar-refractivity contribution in [2.45, 2.75) is 25.4 Å². The number of methoxy groups -OCH3 is 1. The molecular formula is C18H28Cl2N2O. The Bertz CT molecular complexity index is 512. The van der Waals surface area contributed by atoms with Crippen molar-refractivity contribution in [1.82, 2.24) is 10.2 Å². The molecule has 1 aliphatic heterocycles. The van der Waals surface area contributed by atoms with Gasteiger partial charge in [-0.3, -0.25) is 0 Å². The predicted molar refractivity (Wildman–Crippen MR) is 98.7 cm³/mol. The first-order valence-electron chi connectivity index (χ1n) is 8.27. The molecule has 2 unspecified atom stereocenters. The molecule has 1 aliphatic rings. The number of nitrogens with one attached hydrogen (secondary N) is 1. The number of hydrogen-bond acceptors (Lipinski definition) is 3. The Morgan fingerprint density at radius 1 is 1.30 bits per heavy atom. The Morgan fingerprint density at radius 2 is 2.04 bits per heavy atom. The summed E-state index contributed by atoms with van der Waals surface area (Å²) in [6, 6.07) is 6.02. The van der Waals surface area contributed by atoms with Gasteiger partial charge in [0, 0.05) is 26.7 Å². The van der Waals surface area contributed by atoms with Gasteiger partial charge in [-0.2, -0.15) is 0 Å². The van der Waals surface area contributed by atoms with E-state index in [2.05, 4.69) is 30.3 Å². The molecule has 23 heavy (non-hydrogen) atoms. The largest absolute Gasteiger partial charge is 0.380 e. The normalized spacial score (nSPS) is 25.3. The maximum absolute atomic E-state index is 6.24. The van der Waals surface area contributed by atoms with Gasteiger partial charge >= 0.3 is 0 Å². The molecule has 1 saturated heterocycles. The van der Waals surface area contributed by atoms with Crippen LogP contribution in [0.2, 0.25) is 10.0 Å². The molecule has 0 spiro atoms. The number of ether oxygens (including phenoxy) is 1. The third-order valence-corrected chi connectivity index (χ3v) is 5.87. The molecule has 0 aromatic heterocycles. The van der Waals surface area contributed by atoms with E-state index in [1.54, 1.807) is 0 Å². The van der Waals surface area contributed by atoms with E-state index in [0.717, 1.165) is 26.1 Å². The van der Waals surface area contributed by atoms with Gasteiger partial charge in [-0.15, -0.1) is 0 Å². The highest BCUT2D eigenvalue weighted by atomic mass is 35.5. The minimum absolute atomic E-state index is 0.324. The predicted octanol–water partition coefficient (Wildman–Crippen LogP) is 3.90. The van der Waals surface area contributed by atoms with E-state index in [4.69, 9.17) is 27.9 Å². The fourth-order valence-corrected chi connectivity index (χ4v) is 4.07. The topological polar surface area (TPSA) is 24.5 Å². The smallest absolute Gasteiger partial charge is 0.0701 e.